The summed E-state index contributed by atoms with van der Waals surface area (Å²) < 4.78 is 1.56. The van der Waals surface area contributed by atoms with E-state index in [0.717, 1.165) is 0 Å². The molecule has 0 bridgehead atoms. The molecule has 0 saturated carbocycles. The fraction of sp³-hybridized carbons (Fsp3) is 0.286. The number of aromatic nitrogens is 3. The molecule has 0 aliphatic heterocycles. The minimum Gasteiger partial charge on any atom is -0.368 e. The van der Waals surface area contributed by atoms with Crippen LogP contribution in [0.3, 0.4) is 0 Å². The summed E-state index contributed by atoms with van der Waals surface area (Å²) >= 11 is 1.36. The molecule has 3 N–H and O–H groups in total. The average molecular weight is 319 g/mol. The van der Waals surface area contributed by atoms with E-state index in [4.69, 9.17) is 5.73 Å². The molecule has 0 aliphatic rings. The van der Waals surface area contributed by atoms with Crippen LogP contribution in [0.15, 0.2) is 29.4 Å². The molecule has 1 aromatic heterocycles. The minimum atomic E-state index is -0.571. The normalized spacial score (nSPS) is 12.0. The maximum Gasteiger partial charge on any atom is 0.247 e. The van der Waals surface area contributed by atoms with Gasteiger partial charge in [0, 0.05) is 11.3 Å². The summed E-state index contributed by atoms with van der Waals surface area (Å²) in [5, 5.41) is 11.0. The molecular weight excluding hydrogens is 302 g/mol. The van der Waals surface area contributed by atoms with E-state index < -0.39 is 6.04 Å². The minimum absolute atomic E-state index is 0.0585. The molecule has 7 nitrogen and oxygen atoms in total. The molecule has 2 rings (SSSR count). The summed E-state index contributed by atoms with van der Waals surface area (Å²) in [6.07, 6.45) is 1.83. The van der Waals surface area contributed by atoms with Crippen LogP contribution in [0.5, 0.6) is 0 Å². The number of ketones is 1. The Kier molecular flexibility index (Phi) is 4.81. The highest BCUT2D eigenvalue weighted by Gasteiger charge is 2.21. The molecule has 116 valence electrons. The van der Waals surface area contributed by atoms with Gasteiger partial charge in [-0.3, -0.25) is 14.2 Å². The SMILES string of the molecule is CSc1nnc(N)n1C(C)C(=O)Nc1cccc(C(C)=O)c1. The smallest absolute Gasteiger partial charge is 0.247 e. The molecule has 1 amide bonds. The molecule has 0 fully saturated rings. The van der Waals surface area contributed by atoms with Gasteiger partial charge in [-0.15, -0.1) is 10.2 Å². The third-order valence-corrected chi connectivity index (χ3v) is 3.82. The van der Waals surface area contributed by atoms with Crippen molar-refractivity contribution in [3.05, 3.63) is 29.8 Å². The van der Waals surface area contributed by atoms with Crippen LogP contribution in [0, 0.1) is 0 Å². The maximum atomic E-state index is 12.4. The lowest BCUT2D eigenvalue weighted by Gasteiger charge is -2.16. The van der Waals surface area contributed by atoms with Gasteiger partial charge in [-0.2, -0.15) is 0 Å². The molecule has 0 aliphatic carbocycles. The van der Waals surface area contributed by atoms with Crippen molar-refractivity contribution in [3.63, 3.8) is 0 Å². The first-order valence-corrected chi connectivity index (χ1v) is 7.82. The summed E-state index contributed by atoms with van der Waals surface area (Å²) in [7, 11) is 0. The van der Waals surface area contributed by atoms with Gasteiger partial charge in [-0.1, -0.05) is 23.9 Å². The Morgan fingerprint density at radius 3 is 2.73 bits per heavy atom. The number of hydrogen-bond donors (Lipinski definition) is 2. The number of carbonyl (C=O) groups excluding carboxylic acids is 2. The number of hydrogen-bond acceptors (Lipinski definition) is 6. The Hall–Kier alpha value is -2.35. The predicted octanol–water partition coefficient (Wildman–Crippen LogP) is 1.98. The van der Waals surface area contributed by atoms with Gasteiger partial charge in [0.1, 0.15) is 6.04 Å². The number of nitrogens with one attached hydrogen (secondary N) is 1. The van der Waals surface area contributed by atoms with Crippen molar-refractivity contribution in [2.75, 3.05) is 17.3 Å². The number of nitrogens with two attached hydrogens (primary N) is 1. The van der Waals surface area contributed by atoms with Crippen LogP contribution in [0.25, 0.3) is 0 Å². The van der Waals surface area contributed by atoms with Crippen LogP contribution in [-0.2, 0) is 4.79 Å². The van der Waals surface area contributed by atoms with Gasteiger partial charge in [0.15, 0.2) is 10.9 Å². The number of amides is 1. The van der Waals surface area contributed by atoms with E-state index in [-0.39, 0.29) is 17.6 Å². The number of nitrogen functional groups attached to an aromatic ring is 1. The highest BCUT2D eigenvalue weighted by molar-refractivity contribution is 7.98. The summed E-state index contributed by atoms with van der Waals surface area (Å²) in [5.74, 6) is -0.135. The zero-order valence-electron chi connectivity index (χ0n) is 12.5. The van der Waals surface area contributed by atoms with Crippen LogP contribution >= 0.6 is 11.8 Å². The Bertz CT molecular complexity index is 713. The standard InChI is InChI=1S/C14H17N5O2S/c1-8(19-13(15)17-18-14(19)22-3)12(21)16-11-6-4-5-10(7-11)9(2)20/h4-8H,1-3H3,(H2,15,17)(H,16,21). The van der Waals surface area contributed by atoms with E-state index in [1.165, 1.54) is 18.7 Å². The van der Waals surface area contributed by atoms with Gasteiger partial charge < -0.3 is 11.1 Å². The first-order chi connectivity index (χ1) is 10.4. The molecule has 1 heterocycles. The molecule has 0 saturated heterocycles. The lowest BCUT2D eigenvalue weighted by molar-refractivity contribution is -0.118. The largest absolute Gasteiger partial charge is 0.368 e. The number of nitrogens with zero attached hydrogens (tertiary/aromatic N) is 3. The van der Waals surface area contributed by atoms with Crippen LogP contribution in [-0.4, -0.2) is 32.7 Å². The molecule has 1 aromatic carbocycles. The van der Waals surface area contributed by atoms with Crippen molar-refractivity contribution in [3.8, 4) is 0 Å². The van der Waals surface area contributed by atoms with Crippen molar-refractivity contribution >= 4 is 35.1 Å². The van der Waals surface area contributed by atoms with Crippen molar-refractivity contribution in [1.29, 1.82) is 0 Å². The molecule has 22 heavy (non-hydrogen) atoms. The molecular formula is C14H17N5O2S. The Labute approximate surface area is 132 Å². The highest BCUT2D eigenvalue weighted by Crippen LogP contribution is 2.22. The zero-order valence-corrected chi connectivity index (χ0v) is 13.3. The average Bonchev–Trinajstić information content (AvgIpc) is 2.87. The van der Waals surface area contributed by atoms with Gasteiger partial charge in [0.05, 0.1) is 0 Å². The monoisotopic (exact) mass is 319 g/mol. The van der Waals surface area contributed by atoms with Crippen LogP contribution < -0.4 is 11.1 Å². The van der Waals surface area contributed by atoms with Gasteiger partial charge in [-0.05, 0) is 32.2 Å². The van der Waals surface area contributed by atoms with E-state index in [0.29, 0.717) is 16.4 Å². The molecule has 2 aromatic rings. The lowest BCUT2D eigenvalue weighted by atomic mass is 10.1. The maximum absolute atomic E-state index is 12.4. The first-order valence-electron chi connectivity index (χ1n) is 6.60. The number of carbonyl (C=O) groups is 2. The summed E-state index contributed by atoms with van der Waals surface area (Å²) in [6, 6.07) is 6.21. The van der Waals surface area contributed by atoms with Crippen LogP contribution in [0.2, 0.25) is 0 Å². The van der Waals surface area contributed by atoms with Crippen LogP contribution in [0.4, 0.5) is 11.6 Å². The van der Waals surface area contributed by atoms with Crippen molar-refractivity contribution in [2.45, 2.75) is 25.0 Å². The van der Waals surface area contributed by atoms with Gasteiger partial charge in [0.2, 0.25) is 11.9 Å². The van der Waals surface area contributed by atoms with Gasteiger partial charge in [-0.25, -0.2) is 0 Å². The van der Waals surface area contributed by atoms with E-state index >= 15 is 0 Å². The van der Waals surface area contributed by atoms with Crippen molar-refractivity contribution < 1.29 is 9.59 Å². The molecule has 0 radical (unpaired) electrons. The third kappa shape index (κ3) is 3.28. The van der Waals surface area contributed by atoms with Gasteiger partial charge >= 0.3 is 0 Å². The summed E-state index contributed by atoms with van der Waals surface area (Å²) in [4.78, 5) is 23.8. The molecule has 1 atom stereocenters. The molecule has 8 heteroatoms. The van der Waals surface area contributed by atoms with E-state index in [1.807, 2.05) is 6.26 Å². The second kappa shape index (κ2) is 6.61. The van der Waals surface area contributed by atoms with Crippen molar-refractivity contribution in [1.82, 2.24) is 14.8 Å². The third-order valence-electron chi connectivity index (χ3n) is 3.18. The Morgan fingerprint density at radius 1 is 1.36 bits per heavy atom. The van der Waals surface area contributed by atoms with Crippen LogP contribution in [0.1, 0.15) is 30.2 Å². The Balaban J connectivity index is 2.20. The predicted molar refractivity (Wildman–Crippen MR) is 86.0 cm³/mol. The number of rotatable bonds is 5. The summed E-state index contributed by atoms with van der Waals surface area (Å²) in [5.41, 5.74) is 6.86. The van der Waals surface area contributed by atoms with Gasteiger partial charge in [0.25, 0.3) is 0 Å². The zero-order chi connectivity index (χ0) is 16.3. The van der Waals surface area contributed by atoms with E-state index in [1.54, 1.807) is 35.8 Å². The van der Waals surface area contributed by atoms with Crippen molar-refractivity contribution in [2.24, 2.45) is 0 Å². The number of Topliss-reactive ketones (excluding diaryl/α,β-unsaturated/α-hetero) is 1. The van der Waals surface area contributed by atoms with E-state index in [9.17, 15) is 9.59 Å². The summed E-state index contributed by atoms with van der Waals surface area (Å²) in [6.45, 7) is 3.19. The second-order valence-electron chi connectivity index (χ2n) is 4.72. The van der Waals surface area contributed by atoms with E-state index in [2.05, 4.69) is 15.5 Å². The quantitative estimate of drug-likeness (QED) is 0.645. The topological polar surface area (TPSA) is 103 Å². The number of anilines is 2. The fourth-order valence-corrected chi connectivity index (χ4v) is 2.54. The lowest BCUT2D eigenvalue weighted by Crippen LogP contribution is -2.25. The number of thioether (sulfide) groups is 1. The fourth-order valence-electron chi connectivity index (χ4n) is 1.97. The highest BCUT2D eigenvalue weighted by atomic mass is 32.2. The first kappa shape index (κ1) is 16.0. The molecule has 1 unspecified atom stereocenters. The number of benzene rings is 1. The second-order valence-corrected chi connectivity index (χ2v) is 5.49. The Morgan fingerprint density at radius 2 is 2.09 bits per heavy atom. The molecule has 0 spiro atoms.